The van der Waals surface area contributed by atoms with Crippen molar-refractivity contribution in [3.05, 3.63) is 53.3 Å². The van der Waals surface area contributed by atoms with Crippen LogP contribution in [0.1, 0.15) is 29.8 Å². The Labute approximate surface area is 131 Å². The molecule has 0 atom stereocenters. The molecule has 4 nitrogen and oxygen atoms in total. The maximum atomic E-state index is 10.8. The molecule has 1 saturated heterocycles. The van der Waals surface area contributed by atoms with Crippen LogP contribution in [0.4, 0.5) is 5.95 Å². The summed E-state index contributed by atoms with van der Waals surface area (Å²) in [5.74, 6) is 0.791. The number of hydrogen-bond donors (Lipinski definition) is 1. The number of rotatable bonds is 3. The van der Waals surface area contributed by atoms with E-state index in [1.165, 1.54) is 5.56 Å². The predicted octanol–water partition coefficient (Wildman–Crippen LogP) is 2.67. The molecule has 3 rings (SSSR count). The molecule has 2 aromatic rings. The lowest BCUT2D eigenvalue weighted by atomic mass is 9.85. The van der Waals surface area contributed by atoms with E-state index in [0.29, 0.717) is 0 Å². The highest BCUT2D eigenvalue weighted by Gasteiger charge is 2.33. The first-order valence-electron chi connectivity index (χ1n) is 7.88. The van der Waals surface area contributed by atoms with Gasteiger partial charge in [-0.25, -0.2) is 9.97 Å². The molecule has 0 amide bonds. The number of piperidine rings is 1. The summed E-state index contributed by atoms with van der Waals surface area (Å²) in [6.45, 7) is 5.58. The second-order valence-electron chi connectivity index (χ2n) is 6.32. The lowest BCUT2D eigenvalue weighted by Crippen LogP contribution is -2.46. The van der Waals surface area contributed by atoms with Gasteiger partial charge in [0, 0.05) is 30.9 Å². The summed E-state index contributed by atoms with van der Waals surface area (Å²) in [6, 6.07) is 12.2. The molecule has 0 saturated carbocycles. The Bertz CT molecular complexity index is 614. The molecular weight excluding hydrogens is 274 g/mol. The minimum Gasteiger partial charge on any atom is -0.389 e. The highest BCUT2D eigenvalue weighted by Crippen LogP contribution is 2.28. The number of hydrogen-bond acceptors (Lipinski definition) is 4. The monoisotopic (exact) mass is 297 g/mol. The zero-order valence-electron chi connectivity index (χ0n) is 13.3. The van der Waals surface area contributed by atoms with Crippen molar-refractivity contribution in [1.29, 1.82) is 0 Å². The molecule has 4 heteroatoms. The van der Waals surface area contributed by atoms with Gasteiger partial charge in [-0.15, -0.1) is 0 Å². The van der Waals surface area contributed by atoms with Crippen LogP contribution in [-0.2, 0) is 6.42 Å². The van der Waals surface area contributed by atoms with Gasteiger partial charge in [-0.3, -0.25) is 0 Å². The number of anilines is 1. The Morgan fingerprint density at radius 1 is 1.05 bits per heavy atom. The van der Waals surface area contributed by atoms with Crippen molar-refractivity contribution >= 4 is 5.95 Å². The van der Waals surface area contributed by atoms with E-state index in [9.17, 15) is 5.11 Å². The zero-order chi connectivity index (χ0) is 15.6. The lowest BCUT2D eigenvalue weighted by Gasteiger charge is -2.38. The lowest BCUT2D eigenvalue weighted by molar-refractivity contribution is 0.0163. The number of aryl methyl sites for hydroxylation is 2. The number of aromatic nitrogens is 2. The van der Waals surface area contributed by atoms with E-state index in [2.05, 4.69) is 27.0 Å². The van der Waals surface area contributed by atoms with E-state index >= 15 is 0 Å². The predicted molar refractivity (Wildman–Crippen MR) is 88.0 cm³/mol. The summed E-state index contributed by atoms with van der Waals surface area (Å²) < 4.78 is 0. The van der Waals surface area contributed by atoms with Gasteiger partial charge in [-0.05, 0) is 38.3 Å². The molecule has 0 spiro atoms. The molecule has 1 fully saturated rings. The summed E-state index contributed by atoms with van der Waals surface area (Å²) >= 11 is 0. The van der Waals surface area contributed by atoms with Crippen molar-refractivity contribution in [2.75, 3.05) is 18.0 Å². The van der Waals surface area contributed by atoms with Gasteiger partial charge in [-0.1, -0.05) is 30.3 Å². The molecule has 1 aliphatic heterocycles. The van der Waals surface area contributed by atoms with Crippen LogP contribution in [-0.4, -0.2) is 33.8 Å². The fourth-order valence-electron chi connectivity index (χ4n) is 3.12. The van der Waals surface area contributed by atoms with Crippen molar-refractivity contribution < 1.29 is 5.11 Å². The van der Waals surface area contributed by atoms with Gasteiger partial charge in [0.05, 0.1) is 5.60 Å². The highest BCUT2D eigenvalue weighted by molar-refractivity contribution is 5.33. The summed E-state index contributed by atoms with van der Waals surface area (Å²) in [7, 11) is 0. The average molecular weight is 297 g/mol. The van der Waals surface area contributed by atoms with Crippen LogP contribution < -0.4 is 4.90 Å². The molecule has 0 bridgehead atoms. The van der Waals surface area contributed by atoms with Crippen LogP contribution in [0, 0.1) is 13.8 Å². The molecule has 1 N–H and O–H groups in total. The first-order chi connectivity index (χ1) is 10.5. The van der Waals surface area contributed by atoms with Gasteiger partial charge in [0.1, 0.15) is 0 Å². The molecule has 0 aliphatic carbocycles. The largest absolute Gasteiger partial charge is 0.389 e. The fraction of sp³-hybridized carbons (Fsp3) is 0.444. The molecule has 1 aliphatic rings. The van der Waals surface area contributed by atoms with Gasteiger partial charge in [0.15, 0.2) is 0 Å². The Hall–Kier alpha value is -1.94. The maximum absolute atomic E-state index is 10.8. The van der Waals surface area contributed by atoms with Crippen molar-refractivity contribution in [2.45, 2.75) is 38.7 Å². The van der Waals surface area contributed by atoms with Crippen molar-refractivity contribution in [3.63, 3.8) is 0 Å². The molecule has 22 heavy (non-hydrogen) atoms. The van der Waals surface area contributed by atoms with Crippen molar-refractivity contribution in [2.24, 2.45) is 0 Å². The third kappa shape index (κ3) is 3.45. The van der Waals surface area contributed by atoms with Gasteiger partial charge >= 0.3 is 0 Å². The molecular formula is C18H23N3O. The molecule has 0 unspecified atom stereocenters. The normalized spacial score (nSPS) is 17.5. The van der Waals surface area contributed by atoms with Crippen LogP contribution in [0.5, 0.6) is 0 Å². The number of benzene rings is 1. The zero-order valence-corrected chi connectivity index (χ0v) is 13.3. The summed E-state index contributed by atoms with van der Waals surface area (Å²) in [5.41, 5.74) is 2.57. The Morgan fingerprint density at radius 2 is 1.64 bits per heavy atom. The average Bonchev–Trinajstić information content (AvgIpc) is 2.47. The van der Waals surface area contributed by atoms with Crippen molar-refractivity contribution in [1.82, 2.24) is 9.97 Å². The maximum Gasteiger partial charge on any atom is 0.225 e. The smallest absolute Gasteiger partial charge is 0.225 e. The second kappa shape index (κ2) is 6.05. The third-order valence-electron chi connectivity index (χ3n) is 4.32. The highest BCUT2D eigenvalue weighted by atomic mass is 16.3. The second-order valence-corrected chi connectivity index (χ2v) is 6.32. The SMILES string of the molecule is Cc1cc(C)nc(N2CCC(O)(Cc3ccccc3)CC2)n1. The van der Waals surface area contributed by atoms with Crippen LogP contribution in [0.3, 0.4) is 0 Å². The molecule has 1 aromatic carbocycles. The molecule has 116 valence electrons. The third-order valence-corrected chi connectivity index (χ3v) is 4.32. The first-order valence-corrected chi connectivity index (χ1v) is 7.88. The van der Waals surface area contributed by atoms with Crippen LogP contribution in [0.2, 0.25) is 0 Å². The van der Waals surface area contributed by atoms with Gasteiger partial charge in [0.25, 0.3) is 0 Å². The van der Waals surface area contributed by atoms with E-state index in [1.807, 2.05) is 38.1 Å². The first kappa shape index (κ1) is 15.0. The summed E-state index contributed by atoms with van der Waals surface area (Å²) in [4.78, 5) is 11.2. The van der Waals surface area contributed by atoms with E-state index in [1.54, 1.807) is 0 Å². The summed E-state index contributed by atoms with van der Waals surface area (Å²) in [5, 5.41) is 10.8. The Morgan fingerprint density at radius 3 is 2.23 bits per heavy atom. The molecule has 0 radical (unpaired) electrons. The Balaban J connectivity index is 1.66. The van der Waals surface area contributed by atoms with Crippen LogP contribution >= 0.6 is 0 Å². The standard InChI is InChI=1S/C18H23N3O/c1-14-12-15(2)20-17(19-14)21-10-8-18(22,9-11-21)13-16-6-4-3-5-7-16/h3-7,12,22H,8-11,13H2,1-2H3. The number of aliphatic hydroxyl groups is 1. The van der Waals surface area contributed by atoms with Gasteiger partial charge < -0.3 is 10.0 Å². The van der Waals surface area contributed by atoms with E-state index in [0.717, 1.165) is 49.7 Å². The topological polar surface area (TPSA) is 49.2 Å². The summed E-state index contributed by atoms with van der Waals surface area (Å²) in [6.07, 6.45) is 2.21. The fourth-order valence-corrected chi connectivity index (χ4v) is 3.12. The molecule has 1 aromatic heterocycles. The van der Waals surface area contributed by atoms with E-state index < -0.39 is 5.60 Å². The van der Waals surface area contributed by atoms with Gasteiger partial charge in [-0.2, -0.15) is 0 Å². The minimum absolute atomic E-state index is 0.614. The quantitative estimate of drug-likeness (QED) is 0.946. The van der Waals surface area contributed by atoms with Crippen LogP contribution in [0.25, 0.3) is 0 Å². The van der Waals surface area contributed by atoms with Gasteiger partial charge in [0.2, 0.25) is 5.95 Å². The van der Waals surface area contributed by atoms with Crippen LogP contribution in [0.15, 0.2) is 36.4 Å². The molecule has 2 heterocycles. The Kier molecular flexibility index (Phi) is 4.12. The minimum atomic E-state index is -0.614. The number of nitrogens with zero attached hydrogens (tertiary/aromatic N) is 3. The van der Waals surface area contributed by atoms with Crippen molar-refractivity contribution in [3.8, 4) is 0 Å². The van der Waals surface area contributed by atoms with E-state index in [-0.39, 0.29) is 0 Å². The van der Waals surface area contributed by atoms with E-state index in [4.69, 9.17) is 0 Å².